The van der Waals surface area contributed by atoms with Gasteiger partial charge in [-0.25, -0.2) is 9.97 Å². The molecule has 0 radical (unpaired) electrons. The molecule has 4 nitrogen and oxygen atoms in total. The number of benzene rings is 1. The molecule has 0 bridgehead atoms. The summed E-state index contributed by atoms with van der Waals surface area (Å²) >= 11 is 0. The first-order valence-electron chi connectivity index (χ1n) is 8.73. The van der Waals surface area contributed by atoms with Gasteiger partial charge >= 0.3 is 6.18 Å². The number of hydrogen-bond donors (Lipinski definition) is 1. The van der Waals surface area contributed by atoms with E-state index >= 15 is 0 Å². The number of anilines is 2. The number of nitrogens with zero attached hydrogens (tertiary/aromatic N) is 3. The van der Waals surface area contributed by atoms with Crippen LogP contribution in [0.15, 0.2) is 55.0 Å². The third-order valence-corrected chi connectivity index (χ3v) is 4.76. The highest BCUT2D eigenvalue weighted by Gasteiger charge is 2.35. The summed E-state index contributed by atoms with van der Waals surface area (Å²) in [6, 6.07) is 10.3. The first kappa shape index (κ1) is 17.5. The van der Waals surface area contributed by atoms with Crippen molar-refractivity contribution in [3.8, 4) is 11.4 Å². The maximum Gasteiger partial charge on any atom is 0.419 e. The second-order valence-corrected chi connectivity index (χ2v) is 6.52. The fraction of sp³-hybridized carbons (Fsp3) is 0.250. The van der Waals surface area contributed by atoms with E-state index in [0.29, 0.717) is 22.8 Å². The van der Waals surface area contributed by atoms with Crippen molar-refractivity contribution in [2.75, 3.05) is 5.32 Å². The van der Waals surface area contributed by atoms with E-state index in [1.165, 1.54) is 6.07 Å². The Morgan fingerprint density at radius 3 is 2.33 bits per heavy atom. The van der Waals surface area contributed by atoms with Crippen molar-refractivity contribution >= 4 is 11.4 Å². The first-order valence-corrected chi connectivity index (χ1v) is 8.73. The van der Waals surface area contributed by atoms with E-state index in [9.17, 15) is 13.2 Å². The number of para-hydroxylation sites is 1. The van der Waals surface area contributed by atoms with Crippen LogP contribution < -0.4 is 5.32 Å². The summed E-state index contributed by atoms with van der Waals surface area (Å²) in [7, 11) is 0. The average molecular weight is 370 g/mol. The van der Waals surface area contributed by atoms with Crippen molar-refractivity contribution in [1.82, 2.24) is 15.0 Å². The molecular formula is C20H17F3N4. The average Bonchev–Trinajstić information content (AvgIpc) is 2.61. The summed E-state index contributed by atoms with van der Waals surface area (Å²) < 4.78 is 40.5. The van der Waals surface area contributed by atoms with E-state index in [-0.39, 0.29) is 11.6 Å². The van der Waals surface area contributed by atoms with Crippen LogP contribution in [0.3, 0.4) is 0 Å². The van der Waals surface area contributed by atoms with Crippen LogP contribution in [-0.4, -0.2) is 15.0 Å². The standard InChI is InChI=1S/C20H17F3N4/c21-20(22,23)15-12-26-17(13-5-3-6-13)11-18(15)27-16-8-2-1-7-14(16)19-24-9-4-10-25-19/h1-2,4,7-13H,3,5-6H2,(H,26,27). The lowest BCUT2D eigenvalue weighted by molar-refractivity contribution is -0.137. The topological polar surface area (TPSA) is 50.7 Å². The highest BCUT2D eigenvalue weighted by molar-refractivity contribution is 5.78. The smallest absolute Gasteiger partial charge is 0.354 e. The van der Waals surface area contributed by atoms with E-state index in [1.54, 1.807) is 42.7 Å². The second kappa shape index (κ2) is 6.98. The Balaban J connectivity index is 1.76. The van der Waals surface area contributed by atoms with Crippen LogP contribution in [0.4, 0.5) is 24.5 Å². The molecule has 1 fully saturated rings. The predicted octanol–water partition coefficient (Wildman–Crippen LogP) is 5.57. The molecule has 0 amide bonds. The van der Waals surface area contributed by atoms with Crippen LogP contribution in [-0.2, 0) is 6.18 Å². The van der Waals surface area contributed by atoms with Gasteiger partial charge in [0.05, 0.1) is 11.3 Å². The lowest BCUT2D eigenvalue weighted by atomic mass is 9.82. The molecule has 138 valence electrons. The molecule has 1 saturated carbocycles. The molecule has 0 saturated heterocycles. The van der Waals surface area contributed by atoms with E-state index in [0.717, 1.165) is 25.5 Å². The number of alkyl halides is 3. The van der Waals surface area contributed by atoms with Crippen LogP contribution in [0.2, 0.25) is 0 Å². The number of halogens is 3. The molecule has 1 N–H and O–H groups in total. The Hall–Kier alpha value is -2.96. The van der Waals surface area contributed by atoms with Gasteiger partial charge in [-0.2, -0.15) is 13.2 Å². The lowest BCUT2D eigenvalue weighted by Gasteiger charge is -2.26. The summed E-state index contributed by atoms with van der Waals surface area (Å²) in [6.07, 6.45) is 2.65. The van der Waals surface area contributed by atoms with Crippen molar-refractivity contribution < 1.29 is 13.2 Å². The predicted molar refractivity (Wildman–Crippen MR) is 96.6 cm³/mol. The van der Waals surface area contributed by atoms with Gasteiger partial charge in [-0.3, -0.25) is 4.98 Å². The third-order valence-electron chi connectivity index (χ3n) is 4.76. The van der Waals surface area contributed by atoms with E-state index < -0.39 is 11.7 Å². The highest BCUT2D eigenvalue weighted by Crippen LogP contribution is 2.41. The van der Waals surface area contributed by atoms with Crippen LogP contribution in [0.5, 0.6) is 0 Å². The minimum atomic E-state index is -4.49. The molecule has 0 unspecified atom stereocenters. The van der Waals surface area contributed by atoms with Crippen LogP contribution in [0.25, 0.3) is 11.4 Å². The largest absolute Gasteiger partial charge is 0.419 e. The minimum Gasteiger partial charge on any atom is -0.354 e. The lowest BCUT2D eigenvalue weighted by Crippen LogP contribution is -2.15. The molecule has 3 aromatic rings. The fourth-order valence-electron chi connectivity index (χ4n) is 3.10. The summed E-state index contributed by atoms with van der Waals surface area (Å²) in [4.78, 5) is 12.5. The SMILES string of the molecule is FC(F)(F)c1cnc(C2CCC2)cc1Nc1ccccc1-c1ncccn1. The van der Waals surface area contributed by atoms with Crippen LogP contribution in [0, 0.1) is 0 Å². The fourth-order valence-corrected chi connectivity index (χ4v) is 3.10. The summed E-state index contributed by atoms with van der Waals surface area (Å²) in [5, 5.41) is 2.95. The Morgan fingerprint density at radius 1 is 0.926 bits per heavy atom. The number of aromatic nitrogens is 3. The van der Waals surface area contributed by atoms with Gasteiger partial charge in [-0.1, -0.05) is 18.6 Å². The number of nitrogens with one attached hydrogen (secondary N) is 1. The molecule has 0 atom stereocenters. The Morgan fingerprint density at radius 2 is 1.67 bits per heavy atom. The van der Waals surface area contributed by atoms with Crippen LogP contribution in [0.1, 0.15) is 36.4 Å². The zero-order valence-electron chi connectivity index (χ0n) is 14.4. The molecule has 0 spiro atoms. The van der Waals surface area contributed by atoms with Crippen molar-refractivity contribution in [2.45, 2.75) is 31.4 Å². The van der Waals surface area contributed by atoms with Gasteiger partial charge in [0.25, 0.3) is 0 Å². The summed E-state index contributed by atoms with van der Waals surface area (Å²) in [5.41, 5.74) is 1.07. The zero-order chi connectivity index (χ0) is 18.9. The minimum absolute atomic E-state index is 0.00258. The summed E-state index contributed by atoms with van der Waals surface area (Å²) in [6.45, 7) is 0. The van der Waals surface area contributed by atoms with Crippen molar-refractivity contribution in [3.05, 3.63) is 66.2 Å². The molecule has 4 rings (SSSR count). The van der Waals surface area contributed by atoms with Gasteiger partial charge < -0.3 is 5.32 Å². The second-order valence-electron chi connectivity index (χ2n) is 6.52. The molecule has 27 heavy (non-hydrogen) atoms. The van der Waals surface area contributed by atoms with Crippen LogP contribution >= 0.6 is 0 Å². The monoisotopic (exact) mass is 370 g/mol. The Bertz CT molecular complexity index is 937. The maximum atomic E-state index is 13.5. The normalized spacial score (nSPS) is 14.6. The van der Waals surface area contributed by atoms with Gasteiger partial charge in [-0.05, 0) is 37.1 Å². The molecule has 1 aliphatic carbocycles. The van der Waals surface area contributed by atoms with Gasteiger partial charge in [0.2, 0.25) is 0 Å². The third kappa shape index (κ3) is 3.63. The van der Waals surface area contributed by atoms with Gasteiger partial charge in [0.15, 0.2) is 5.82 Å². The van der Waals surface area contributed by atoms with Crippen molar-refractivity contribution in [2.24, 2.45) is 0 Å². The van der Waals surface area contributed by atoms with E-state index in [1.807, 2.05) is 0 Å². The molecular weight excluding hydrogens is 353 g/mol. The molecule has 7 heteroatoms. The van der Waals surface area contributed by atoms with Gasteiger partial charge in [0.1, 0.15) is 0 Å². The van der Waals surface area contributed by atoms with E-state index in [2.05, 4.69) is 20.3 Å². The quantitative estimate of drug-likeness (QED) is 0.652. The molecule has 0 aliphatic heterocycles. The van der Waals surface area contributed by atoms with Crippen molar-refractivity contribution in [1.29, 1.82) is 0 Å². The number of rotatable bonds is 4. The maximum absolute atomic E-state index is 13.5. The first-order chi connectivity index (χ1) is 13.0. The van der Waals surface area contributed by atoms with E-state index in [4.69, 9.17) is 0 Å². The summed E-state index contributed by atoms with van der Waals surface area (Å²) in [5.74, 6) is 0.683. The van der Waals surface area contributed by atoms with Gasteiger partial charge in [0, 0.05) is 41.5 Å². The molecule has 1 aromatic carbocycles. The number of hydrogen-bond acceptors (Lipinski definition) is 4. The van der Waals surface area contributed by atoms with Gasteiger partial charge in [-0.15, -0.1) is 0 Å². The zero-order valence-corrected chi connectivity index (χ0v) is 14.4. The Kier molecular flexibility index (Phi) is 4.51. The Labute approximate surface area is 154 Å². The molecule has 1 aliphatic rings. The number of pyridine rings is 1. The van der Waals surface area contributed by atoms with Crippen molar-refractivity contribution in [3.63, 3.8) is 0 Å². The molecule has 2 heterocycles. The highest BCUT2D eigenvalue weighted by atomic mass is 19.4. The molecule has 2 aromatic heterocycles.